The van der Waals surface area contributed by atoms with Gasteiger partial charge in [-0.25, -0.2) is 4.79 Å². The Kier molecular flexibility index (Phi) is 7.61. The summed E-state index contributed by atoms with van der Waals surface area (Å²) in [5, 5.41) is 3.61. The lowest BCUT2D eigenvalue weighted by Crippen LogP contribution is -2.45. The molecule has 2 heterocycles. The molecular formula is C24H30ClN3O4. The number of H-pyrrole nitrogens is 1. The monoisotopic (exact) mass is 459 g/mol. The zero-order valence-corrected chi connectivity index (χ0v) is 19.7. The summed E-state index contributed by atoms with van der Waals surface area (Å²) in [6.45, 7) is 8.40. The summed E-state index contributed by atoms with van der Waals surface area (Å²) < 4.78 is 5.31. The van der Waals surface area contributed by atoms with Gasteiger partial charge in [-0.1, -0.05) is 23.7 Å². The molecule has 2 N–H and O–H groups in total. The SMILES string of the molecule is Cc1[nH]c(C(=O)N2CCC[C@H](C(=O)NCc3ccc(Cl)cc3)C2)c(C)c1C(=O)OC(C)C. The Morgan fingerprint density at radius 1 is 1.22 bits per heavy atom. The number of nitrogens with one attached hydrogen (secondary N) is 2. The van der Waals surface area contributed by atoms with E-state index in [9.17, 15) is 14.4 Å². The quantitative estimate of drug-likeness (QED) is 0.638. The van der Waals surface area contributed by atoms with E-state index in [1.54, 1.807) is 44.7 Å². The van der Waals surface area contributed by atoms with Gasteiger partial charge >= 0.3 is 5.97 Å². The van der Waals surface area contributed by atoms with Crippen LogP contribution >= 0.6 is 11.6 Å². The van der Waals surface area contributed by atoms with Gasteiger partial charge in [-0.3, -0.25) is 9.59 Å². The van der Waals surface area contributed by atoms with E-state index in [0.717, 1.165) is 18.4 Å². The number of rotatable bonds is 6. The van der Waals surface area contributed by atoms with E-state index >= 15 is 0 Å². The second-order valence-electron chi connectivity index (χ2n) is 8.51. The fourth-order valence-electron chi connectivity index (χ4n) is 4.01. The van der Waals surface area contributed by atoms with E-state index in [0.29, 0.717) is 47.2 Å². The number of aromatic amines is 1. The number of hydrogen-bond donors (Lipinski definition) is 2. The smallest absolute Gasteiger partial charge is 0.340 e. The maximum absolute atomic E-state index is 13.2. The van der Waals surface area contributed by atoms with E-state index in [2.05, 4.69) is 10.3 Å². The Labute approximate surface area is 193 Å². The van der Waals surface area contributed by atoms with E-state index in [4.69, 9.17) is 16.3 Å². The highest BCUT2D eigenvalue weighted by molar-refractivity contribution is 6.30. The summed E-state index contributed by atoms with van der Waals surface area (Å²) in [4.78, 5) is 43.1. The largest absolute Gasteiger partial charge is 0.459 e. The topological polar surface area (TPSA) is 91.5 Å². The summed E-state index contributed by atoms with van der Waals surface area (Å²) in [6.07, 6.45) is 1.22. The van der Waals surface area contributed by atoms with Crippen LogP contribution in [0, 0.1) is 19.8 Å². The van der Waals surface area contributed by atoms with Crippen LogP contribution < -0.4 is 5.32 Å². The third-order valence-electron chi connectivity index (χ3n) is 5.66. The number of ether oxygens (including phenoxy) is 1. The molecule has 1 aromatic carbocycles. The van der Waals surface area contributed by atoms with Crippen LogP contribution in [-0.2, 0) is 16.1 Å². The molecule has 1 aliphatic rings. The van der Waals surface area contributed by atoms with Gasteiger partial charge in [-0.05, 0) is 63.8 Å². The number of likely N-dealkylation sites (tertiary alicyclic amines) is 1. The Morgan fingerprint density at radius 2 is 1.91 bits per heavy atom. The van der Waals surface area contributed by atoms with Gasteiger partial charge in [0.05, 0.1) is 17.6 Å². The number of esters is 1. The standard InChI is InChI=1S/C24H30ClN3O4/c1-14(2)32-24(31)20-15(3)21(27-16(20)4)23(30)28-11-5-6-18(13-28)22(29)26-12-17-7-9-19(25)10-8-17/h7-10,14,18,27H,5-6,11-13H2,1-4H3,(H,26,29)/t18-/m0/s1. The zero-order valence-electron chi connectivity index (χ0n) is 19.0. The molecule has 0 saturated carbocycles. The van der Waals surface area contributed by atoms with Crippen molar-refractivity contribution in [2.75, 3.05) is 13.1 Å². The van der Waals surface area contributed by atoms with Gasteiger partial charge in [0.2, 0.25) is 5.91 Å². The van der Waals surface area contributed by atoms with E-state index < -0.39 is 5.97 Å². The van der Waals surface area contributed by atoms with Crippen LogP contribution in [0.15, 0.2) is 24.3 Å². The number of aryl methyl sites for hydroxylation is 1. The molecule has 1 atom stereocenters. The van der Waals surface area contributed by atoms with E-state index in [1.807, 2.05) is 12.1 Å². The van der Waals surface area contributed by atoms with Gasteiger partial charge in [-0.15, -0.1) is 0 Å². The fourth-order valence-corrected chi connectivity index (χ4v) is 4.14. The fraction of sp³-hybridized carbons (Fsp3) is 0.458. The minimum atomic E-state index is -0.441. The van der Waals surface area contributed by atoms with Crippen LogP contribution in [0.1, 0.15) is 64.4 Å². The molecule has 2 amide bonds. The molecule has 0 unspecified atom stereocenters. The minimum absolute atomic E-state index is 0.0713. The van der Waals surface area contributed by atoms with Crippen molar-refractivity contribution < 1.29 is 19.1 Å². The molecule has 32 heavy (non-hydrogen) atoms. The molecule has 0 aliphatic carbocycles. The molecule has 7 nitrogen and oxygen atoms in total. The van der Waals surface area contributed by atoms with Crippen LogP contribution in [0.3, 0.4) is 0 Å². The minimum Gasteiger partial charge on any atom is -0.459 e. The molecule has 1 aliphatic heterocycles. The first-order chi connectivity index (χ1) is 15.2. The number of nitrogens with zero attached hydrogens (tertiary/aromatic N) is 1. The summed E-state index contributed by atoms with van der Waals surface area (Å²) in [5.74, 6) is -0.993. The highest BCUT2D eigenvalue weighted by Gasteiger charge is 2.32. The molecule has 8 heteroatoms. The molecule has 2 aromatic rings. The average molecular weight is 460 g/mol. The predicted octanol–water partition coefficient (Wildman–Crippen LogP) is 4.02. The van der Waals surface area contributed by atoms with Crippen molar-refractivity contribution in [1.82, 2.24) is 15.2 Å². The summed E-state index contributed by atoms with van der Waals surface area (Å²) in [5.41, 5.74) is 2.92. The van der Waals surface area contributed by atoms with Gasteiger partial charge in [0.25, 0.3) is 5.91 Å². The number of hydrogen-bond acceptors (Lipinski definition) is 4. The first-order valence-corrected chi connectivity index (χ1v) is 11.3. The lowest BCUT2D eigenvalue weighted by molar-refractivity contribution is -0.126. The Morgan fingerprint density at radius 3 is 2.56 bits per heavy atom. The molecule has 1 aromatic heterocycles. The predicted molar refractivity (Wildman–Crippen MR) is 123 cm³/mol. The summed E-state index contributed by atoms with van der Waals surface area (Å²) in [6, 6.07) is 7.32. The summed E-state index contributed by atoms with van der Waals surface area (Å²) in [7, 11) is 0. The third-order valence-corrected chi connectivity index (χ3v) is 5.91. The van der Waals surface area contributed by atoms with Crippen LogP contribution in [0.25, 0.3) is 0 Å². The van der Waals surface area contributed by atoms with Gasteiger partial charge in [-0.2, -0.15) is 0 Å². The van der Waals surface area contributed by atoms with E-state index in [1.165, 1.54) is 0 Å². The Balaban J connectivity index is 1.65. The molecule has 1 fully saturated rings. The van der Waals surface area contributed by atoms with Crippen molar-refractivity contribution >= 4 is 29.4 Å². The first kappa shape index (κ1) is 23.9. The molecular weight excluding hydrogens is 430 g/mol. The number of halogens is 1. The summed E-state index contributed by atoms with van der Waals surface area (Å²) >= 11 is 5.90. The van der Waals surface area contributed by atoms with Crippen molar-refractivity contribution in [1.29, 1.82) is 0 Å². The van der Waals surface area contributed by atoms with Crippen LogP contribution in [0.5, 0.6) is 0 Å². The van der Waals surface area contributed by atoms with Crippen molar-refractivity contribution in [3.05, 3.63) is 57.4 Å². The number of aromatic nitrogens is 1. The number of carbonyl (C=O) groups excluding carboxylic acids is 3. The van der Waals surface area contributed by atoms with E-state index in [-0.39, 0.29) is 23.8 Å². The van der Waals surface area contributed by atoms with Gasteiger partial charge in [0.15, 0.2) is 0 Å². The maximum Gasteiger partial charge on any atom is 0.340 e. The molecule has 1 saturated heterocycles. The van der Waals surface area contributed by atoms with Crippen LogP contribution in [0.2, 0.25) is 5.02 Å². The number of amides is 2. The van der Waals surface area contributed by atoms with Crippen LogP contribution in [-0.4, -0.2) is 46.9 Å². The number of piperidine rings is 1. The van der Waals surface area contributed by atoms with Crippen molar-refractivity contribution in [2.45, 2.75) is 53.2 Å². The maximum atomic E-state index is 13.2. The van der Waals surface area contributed by atoms with Crippen molar-refractivity contribution in [3.63, 3.8) is 0 Å². The normalized spacial score (nSPS) is 16.2. The van der Waals surface area contributed by atoms with Gasteiger partial charge < -0.3 is 19.9 Å². The molecule has 0 bridgehead atoms. The highest BCUT2D eigenvalue weighted by atomic mass is 35.5. The second-order valence-corrected chi connectivity index (χ2v) is 8.95. The van der Waals surface area contributed by atoms with Crippen molar-refractivity contribution in [2.24, 2.45) is 5.92 Å². The van der Waals surface area contributed by atoms with Crippen molar-refractivity contribution in [3.8, 4) is 0 Å². The average Bonchev–Trinajstić information content (AvgIpc) is 3.06. The lowest BCUT2D eigenvalue weighted by atomic mass is 9.96. The Hall–Kier alpha value is -2.80. The first-order valence-electron chi connectivity index (χ1n) is 10.9. The lowest BCUT2D eigenvalue weighted by Gasteiger charge is -2.32. The molecule has 172 valence electrons. The second kappa shape index (κ2) is 10.2. The number of benzene rings is 1. The van der Waals surface area contributed by atoms with Gasteiger partial charge in [0.1, 0.15) is 5.69 Å². The highest BCUT2D eigenvalue weighted by Crippen LogP contribution is 2.24. The molecule has 0 spiro atoms. The van der Waals surface area contributed by atoms with Gasteiger partial charge in [0, 0.05) is 30.4 Å². The number of carbonyl (C=O) groups is 3. The zero-order chi connectivity index (χ0) is 23.4. The molecule has 0 radical (unpaired) electrons. The Bertz CT molecular complexity index is 997. The molecule has 3 rings (SSSR count). The van der Waals surface area contributed by atoms with Crippen LogP contribution in [0.4, 0.5) is 0 Å². The third kappa shape index (κ3) is 5.51.